The monoisotopic (exact) mass is 444 g/mol. The molecule has 8 nitrogen and oxygen atoms in total. The Morgan fingerprint density at radius 1 is 1.25 bits per heavy atom. The number of benzene rings is 1. The Bertz CT molecular complexity index is 852. The third-order valence-corrected chi connectivity index (χ3v) is 7.48. The van der Waals surface area contributed by atoms with Crippen molar-refractivity contribution in [3.05, 3.63) is 29.3 Å². The van der Waals surface area contributed by atoms with E-state index in [2.05, 4.69) is 35.0 Å². The number of ether oxygens (including phenoxy) is 1. The first-order chi connectivity index (χ1) is 15.3. The van der Waals surface area contributed by atoms with E-state index in [0.29, 0.717) is 13.0 Å². The van der Waals surface area contributed by atoms with Gasteiger partial charge < -0.3 is 29.4 Å². The maximum absolute atomic E-state index is 13.5. The van der Waals surface area contributed by atoms with Crippen LogP contribution in [0.15, 0.2) is 18.2 Å². The number of hydrogen-bond acceptors (Lipinski definition) is 6. The number of anilines is 1. The number of aliphatic hydroxyl groups is 1. The predicted molar refractivity (Wildman–Crippen MR) is 123 cm³/mol. The van der Waals surface area contributed by atoms with Crippen molar-refractivity contribution in [3.8, 4) is 0 Å². The molecule has 0 aromatic heterocycles. The number of piperazine rings is 1. The average Bonchev–Trinajstić information content (AvgIpc) is 2.78. The molecule has 1 aromatic rings. The van der Waals surface area contributed by atoms with Crippen LogP contribution in [0.5, 0.6) is 0 Å². The molecular formula is C24H36N4O4. The van der Waals surface area contributed by atoms with Gasteiger partial charge in [-0.2, -0.15) is 0 Å². The molecule has 8 heteroatoms. The number of carbonyl (C=O) groups is 2. The number of likely N-dealkylation sites (N-methyl/N-ethyl adjacent to an activating group) is 2. The predicted octanol–water partition coefficient (Wildman–Crippen LogP) is 0.738. The highest BCUT2D eigenvalue weighted by atomic mass is 16.5. The van der Waals surface area contributed by atoms with Crippen LogP contribution in [-0.4, -0.2) is 104 Å². The molecule has 3 aliphatic rings. The van der Waals surface area contributed by atoms with Gasteiger partial charge in [0.05, 0.1) is 18.1 Å². The van der Waals surface area contributed by atoms with Crippen LogP contribution < -0.4 is 4.90 Å². The fourth-order valence-corrected chi connectivity index (χ4v) is 5.53. The van der Waals surface area contributed by atoms with Gasteiger partial charge in [-0.15, -0.1) is 0 Å². The number of carbonyl (C=O) groups excluding carboxylic acids is 2. The highest BCUT2D eigenvalue weighted by Crippen LogP contribution is 2.42. The molecule has 2 saturated heterocycles. The lowest BCUT2D eigenvalue weighted by molar-refractivity contribution is -0.156. The first-order valence-corrected chi connectivity index (χ1v) is 11.6. The van der Waals surface area contributed by atoms with Crippen molar-refractivity contribution >= 4 is 17.5 Å². The number of fused-ring (bicyclic) bond motifs is 3. The second-order valence-electron chi connectivity index (χ2n) is 9.48. The van der Waals surface area contributed by atoms with Gasteiger partial charge in [0, 0.05) is 58.6 Å². The second-order valence-corrected chi connectivity index (χ2v) is 9.48. The van der Waals surface area contributed by atoms with Gasteiger partial charge in [-0.05, 0) is 50.1 Å². The summed E-state index contributed by atoms with van der Waals surface area (Å²) in [5.41, 5.74) is 3.66. The molecule has 0 aliphatic carbocycles. The SMILES string of the molecule is COCC(=O)N(C)[C@H]1C[C@H]2c3cc(N4CCN(C)CC4)ccc3CCN2C(=O)[C@H]1[C@H](C)O. The Balaban J connectivity index is 1.65. The van der Waals surface area contributed by atoms with Gasteiger partial charge in [0.2, 0.25) is 11.8 Å². The molecule has 0 saturated carbocycles. The van der Waals surface area contributed by atoms with Crippen LogP contribution in [-0.2, 0) is 20.7 Å². The van der Waals surface area contributed by atoms with E-state index in [1.165, 1.54) is 23.9 Å². The van der Waals surface area contributed by atoms with Gasteiger partial charge in [-0.3, -0.25) is 9.59 Å². The molecule has 4 rings (SSSR count). The quantitative estimate of drug-likeness (QED) is 0.722. The minimum absolute atomic E-state index is 0.0355. The molecule has 0 unspecified atom stereocenters. The number of amides is 2. The number of nitrogens with zero attached hydrogens (tertiary/aromatic N) is 4. The van der Waals surface area contributed by atoms with E-state index in [0.717, 1.165) is 32.6 Å². The van der Waals surface area contributed by atoms with Crippen LogP contribution in [0.2, 0.25) is 0 Å². The second kappa shape index (κ2) is 9.37. The normalized spacial score (nSPS) is 27.0. The van der Waals surface area contributed by atoms with Crippen molar-refractivity contribution in [2.45, 2.75) is 38.0 Å². The van der Waals surface area contributed by atoms with E-state index in [4.69, 9.17) is 4.74 Å². The van der Waals surface area contributed by atoms with Crippen LogP contribution in [0.3, 0.4) is 0 Å². The number of rotatable bonds is 5. The van der Waals surface area contributed by atoms with Crippen LogP contribution >= 0.6 is 0 Å². The minimum Gasteiger partial charge on any atom is -0.393 e. The fraction of sp³-hybridized carbons (Fsp3) is 0.667. The summed E-state index contributed by atoms with van der Waals surface area (Å²) in [5, 5.41) is 10.5. The highest BCUT2D eigenvalue weighted by molar-refractivity contribution is 5.84. The van der Waals surface area contributed by atoms with Gasteiger partial charge >= 0.3 is 0 Å². The molecule has 0 bridgehead atoms. The minimum atomic E-state index is -0.829. The van der Waals surface area contributed by atoms with Crippen molar-refractivity contribution in [2.75, 3.05) is 65.4 Å². The smallest absolute Gasteiger partial charge is 0.248 e. The van der Waals surface area contributed by atoms with Gasteiger partial charge in [-0.25, -0.2) is 0 Å². The summed E-state index contributed by atoms with van der Waals surface area (Å²) in [7, 11) is 5.35. The zero-order chi connectivity index (χ0) is 23.0. The summed E-state index contributed by atoms with van der Waals surface area (Å²) >= 11 is 0. The molecule has 0 spiro atoms. The van der Waals surface area contributed by atoms with Crippen molar-refractivity contribution < 1.29 is 19.4 Å². The lowest BCUT2D eigenvalue weighted by Crippen LogP contribution is -2.60. The maximum Gasteiger partial charge on any atom is 0.248 e. The maximum atomic E-state index is 13.5. The Labute approximate surface area is 190 Å². The summed E-state index contributed by atoms with van der Waals surface area (Å²) in [4.78, 5) is 34.4. The Kier molecular flexibility index (Phi) is 6.74. The van der Waals surface area contributed by atoms with Gasteiger partial charge in [-0.1, -0.05) is 6.07 Å². The standard InChI is InChI=1S/C24H36N4O4/c1-16(29)23-21(26(3)22(30)15-32-4)14-20-19-13-18(27-11-9-25(2)10-12-27)6-5-17(19)7-8-28(20)24(23)31/h5-6,13,16,20-21,23,29H,7-12,14-15H2,1-4H3/t16-,20-,21-,23-/m0/s1. The number of aliphatic hydroxyl groups excluding tert-OH is 1. The molecule has 32 heavy (non-hydrogen) atoms. The zero-order valence-corrected chi connectivity index (χ0v) is 19.7. The Morgan fingerprint density at radius 3 is 2.62 bits per heavy atom. The number of hydrogen-bond donors (Lipinski definition) is 1. The summed E-state index contributed by atoms with van der Waals surface area (Å²) in [6.45, 7) is 6.31. The molecule has 3 aliphatic heterocycles. The summed E-state index contributed by atoms with van der Waals surface area (Å²) < 4.78 is 5.03. The zero-order valence-electron chi connectivity index (χ0n) is 19.7. The lowest BCUT2D eigenvalue weighted by atomic mass is 9.77. The van der Waals surface area contributed by atoms with Crippen LogP contribution in [0.4, 0.5) is 5.69 Å². The van der Waals surface area contributed by atoms with Gasteiger partial charge in [0.25, 0.3) is 0 Å². The summed E-state index contributed by atoms with van der Waals surface area (Å²) in [5.74, 6) is -0.861. The van der Waals surface area contributed by atoms with E-state index in [1.807, 2.05) is 4.90 Å². The largest absolute Gasteiger partial charge is 0.393 e. The molecule has 1 N–H and O–H groups in total. The summed E-state index contributed by atoms with van der Waals surface area (Å²) in [6.07, 6.45) is 0.604. The van der Waals surface area contributed by atoms with Crippen molar-refractivity contribution in [3.63, 3.8) is 0 Å². The third-order valence-electron chi connectivity index (χ3n) is 7.48. The molecule has 2 fully saturated rings. The van der Waals surface area contributed by atoms with E-state index in [9.17, 15) is 14.7 Å². The van der Waals surface area contributed by atoms with Crippen LogP contribution in [0.1, 0.15) is 30.5 Å². The average molecular weight is 445 g/mol. The first-order valence-electron chi connectivity index (χ1n) is 11.6. The fourth-order valence-electron chi connectivity index (χ4n) is 5.53. The van der Waals surface area contributed by atoms with E-state index < -0.39 is 12.0 Å². The molecular weight excluding hydrogens is 408 g/mol. The van der Waals surface area contributed by atoms with Gasteiger partial charge in [0.15, 0.2) is 0 Å². The first kappa shape index (κ1) is 23.0. The highest BCUT2D eigenvalue weighted by Gasteiger charge is 2.48. The lowest BCUT2D eigenvalue weighted by Gasteiger charge is -2.49. The van der Waals surface area contributed by atoms with E-state index >= 15 is 0 Å². The van der Waals surface area contributed by atoms with Crippen molar-refractivity contribution in [1.29, 1.82) is 0 Å². The molecule has 4 atom stereocenters. The molecule has 1 aromatic carbocycles. The van der Waals surface area contributed by atoms with Crippen molar-refractivity contribution in [1.82, 2.24) is 14.7 Å². The number of piperidine rings is 1. The topological polar surface area (TPSA) is 76.6 Å². The molecule has 2 amide bonds. The summed E-state index contributed by atoms with van der Waals surface area (Å²) in [6, 6.07) is 6.21. The third kappa shape index (κ3) is 4.23. The molecule has 3 heterocycles. The Hall–Kier alpha value is -2.16. The van der Waals surface area contributed by atoms with Gasteiger partial charge in [0.1, 0.15) is 6.61 Å². The molecule has 0 radical (unpaired) electrons. The molecule has 176 valence electrons. The van der Waals surface area contributed by atoms with E-state index in [1.54, 1.807) is 18.9 Å². The van der Waals surface area contributed by atoms with Crippen molar-refractivity contribution in [2.24, 2.45) is 5.92 Å². The van der Waals surface area contributed by atoms with Crippen LogP contribution in [0.25, 0.3) is 0 Å². The Morgan fingerprint density at radius 2 is 1.97 bits per heavy atom. The van der Waals surface area contributed by atoms with Crippen LogP contribution in [0, 0.1) is 5.92 Å². The van der Waals surface area contributed by atoms with E-state index in [-0.39, 0.29) is 30.5 Å². The number of methoxy groups -OCH3 is 1.